The average molecular weight is 480 g/mol. The van der Waals surface area contributed by atoms with Crippen LogP contribution in [0.1, 0.15) is 33.6 Å². The van der Waals surface area contributed by atoms with Gasteiger partial charge in [-0.15, -0.1) is 24.0 Å². The summed E-state index contributed by atoms with van der Waals surface area (Å²) in [7, 11) is 0. The van der Waals surface area contributed by atoms with Crippen LogP contribution in [-0.2, 0) is 4.79 Å². The molecule has 1 unspecified atom stereocenters. The average Bonchev–Trinajstić information content (AvgIpc) is 3.48. The van der Waals surface area contributed by atoms with Crippen molar-refractivity contribution in [2.24, 2.45) is 10.9 Å². The van der Waals surface area contributed by atoms with Crippen LogP contribution in [-0.4, -0.2) is 86.6 Å². The van der Waals surface area contributed by atoms with Crippen molar-refractivity contribution in [2.45, 2.75) is 39.7 Å². The van der Waals surface area contributed by atoms with Gasteiger partial charge in [-0.3, -0.25) is 14.7 Å². The first-order valence-corrected chi connectivity index (χ1v) is 9.90. The minimum absolute atomic E-state index is 0. The number of halogens is 1. The molecule has 3 N–H and O–H groups in total. The van der Waals surface area contributed by atoms with Crippen LogP contribution in [0.4, 0.5) is 0 Å². The normalized spacial score (nSPS) is 20.2. The molecule has 0 radical (unpaired) electrons. The second-order valence-corrected chi connectivity index (χ2v) is 7.03. The maximum Gasteiger partial charge on any atom is 0.223 e. The summed E-state index contributed by atoms with van der Waals surface area (Å²) in [5.41, 5.74) is 0. The van der Waals surface area contributed by atoms with E-state index in [0.29, 0.717) is 19.1 Å². The molecule has 1 saturated heterocycles. The summed E-state index contributed by atoms with van der Waals surface area (Å²) in [5, 5.41) is 9.56. The van der Waals surface area contributed by atoms with Crippen LogP contribution in [0.15, 0.2) is 4.99 Å². The first-order valence-electron chi connectivity index (χ1n) is 9.90. The summed E-state index contributed by atoms with van der Waals surface area (Å²) in [6, 6.07) is 0.448. The fourth-order valence-electron chi connectivity index (χ4n) is 3.06. The molecule has 26 heavy (non-hydrogen) atoms. The number of amides is 1. The minimum Gasteiger partial charge on any atom is -0.357 e. The van der Waals surface area contributed by atoms with Crippen molar-refractivity contribution in [1.82, 2.24) is 25.8 Å². The van der Waals surface area contributed by atoms with Gasteiger partial charge in [0.25, 0.3) is 0 Å². The van der Waals surface area contributed by atoms with Gasteiger partial charge in [-0.1, -0.05) is 6.92 Å². The molecular weight excluding hydrogens is 443 g/mol. The van der Waals surface area contributed by atoms with Gasteiger partial charge in [0.15, 0.2) is 5.96 Å². The number of piperazine rings is 1. The zero-order valence-electron chi connectivity index (χ0n) is 16.6. The zero-order valence-corrected chi connectivity index (χ0v) is 18.9. The number of nitrogens with zero attached hydrogens (tertiary/aromatic N) is 3. The Kier molecular flexibility index (Phi) is 11.5. The number of likely N-dealkylation sites (N-methyl/N-ethyl adjacent to an activating group) is 1. The predicted octanol–water partition coefficient (Wildman–Crippen LogP) is 0.712. The molecule has 0 aromatic heterocycles. The summed E-state index contributed by atoms with van der Waals surface area (Å²) < 4.78 is 0. The highest BCUT2D eigenvalue weighted by Gasteiger charge is 2.29. The molecule has 0 spiro atoms. The molecule has 1 heterocycles. The molecule has 1 saturated carbocycles. The molecule has 152 valence electrons. The standard InChI is InChI=1S/C18H36N6O.HI/c1-4-19-18(21-9-8-20-17(25)16-6-7-16)22-14-15(3)24-12-10-23(5-2)11-13-24;/h15-16H,4-14H2,1-3H3,(H,20,25)(H2,19,21,22);1H. The van der Waals surface area contributed by atoms with E-state index in [2.05, 4.69) is 46.5 Å². The van der Waals surface area contributed by atoms with Crippen LogP contribution in [0.2, 0.25) is 0 Å². The smallest absolute Gasteiger partial charge is 0.223 e. The third kappa shape index (κ3) is 8.39. The number of guanidine groups is 1. The molecule has 1 aliphatic carbocycles. The summed E-state index contributed by atoms with van der Waals surface area (Å²) in [6.07, 6.45) is 2.10. The number of hydrogen-bond donors (Lipinski definition) is 3. The first-order chi connectivity index (χ1) is 12.1. The van der Waals surface area contributed by atoms with E-state index >= 15 is 0 Å². The SMILES string of the molecule is CCNC(=NCC(C)N1CCN(CC)CC1)NCCNC(=O)C1CC1.I. The molecule has 0 aromatic rings. The molecule has 0 bridgehead atoms. The minimum atomic E-state index is 0. The van der Waals surface area contributed by atoms with E-state index in [1.807, 2.05) is 0 Å². The molecule has 1 atom stereocenters. The van der Waals surface area contributed by atoms with Crippen molar-refractivity contribution < 1.29 is 4.79 Å². The number of carbonyl (C=O) groups excluding carboxylic acids is 1. The summed E-state index contributed by atoms with van der Waals surface area (Å²) in [6.45, 7) is 15.2. The Bertz CT molecular complexity index is 435. The van der Waals surface area contributed by atoms with Crippen LogP contribution < -0.4 is 16.0 Å². The molecule has 0 aromatic carbocycles. The van der Waals surface area contributed by atoms with E-state index < -0.39 is 0 Å². The van der Waals surface area contributed by atoms with Gasteiger partial charge in [0.05, 0.1) is 6.54 Å². The lowest BCUT2D eigenvalue weighted by molar-refractivity contribution is -0.122. The summed E-state index contributed by atoms with van der Waals surface area (Å²) >= 11 is 0. The van der Waals surface area contributed by atoms with Gasteiger partial charge in [0, 0.05) is 57.8 Å². The Morgan fingerprint density at radius 1 is 1.08 bits per heavy atom. The number of rotatable bonds is 9. The van der Waals surface area contributed by atoms with Crippen LogP contribution in [0.5, 0.6) is 0 Å². The van der Waals surface area contributed by atoms with Crippen molar-refractivity contribution in [1.29, 1.82) is 0 Å². The summed E-state index contributed by atoms with van der Waals surface area (Å²) in [4.78, 5) is 21.4. The summed E-state index contributed by atoms with van der Waals surface area (Å²) in [5.74, 6) is 1.31. The molecule has 8 heteroatoms. The third-order valence-electron chi connectivity index (χ3n) is 5.00. The molecule has 2 fully saturated rings. The molecule has 2 aliphatic rings. The quantitative estimate of drug-likeness (QED) is 0.196. The fraction of sp³-hybridized carbons (Fsp3) is 0.889. The zero-order chi connectivity index (χ0) is 18.1. The van der Waals surface area contributed by atoms with Gasteiger partial charge in [0.2, 0.25) is 5.91 Å². The van der Waals surface area contributed by atoms with Gasteiger partial charge in [-0.2, -0.15) is 0 Å². The van der Waals surface area contributed by atoms with Crippen molar-refractivity contribution in [3.8, 4) is 0 Å². The maximum atomic E-state index is 11.6. The van der Waals surface area contributed by atoms with Crippen LogP contribution in [0, 0.1) is 5.92 Å². The van der Waals surface area contributed by atoms with E-state index in [4.69, 9.17) is 4.99 Å². The Morgan fingerprint density at radius 3 is 2.31 bits per heavy atom. The second-order valence-electron chi connectivity index (χ2n) is 7.03. The predicted molar refractivity (Wildman–Crippen MR) is 118 cm³/mol. The molecule has 2 rings (SSSR count). The van der Waals surface area contributed by atoms with E-state index in [-0.39, 0.29) is 35.8 Å². The number of aliphatic imine (C=N–C) groups is 1. The van der Waals surface area contributed by atoms with Crippen LogP contribution in [0.25, 0.3) is 0 Å². The first kappa shape index (κ1) is 23.4. The molecular formula is C18H37IN6O. The second kappa shape index (κ2) is 12.7. The topological polar surface area (TPSA) is 72.0 Å². The molecule has 1 amide bonds. The van der Waals surface area contributed by atoms with Gasteiger partial charge < -0.3 is 20.9 Å². The van der Waals surface area contributed by atoms with Gasteiger partial charge in [-0.05, 0) is 33.2 Å². The van der Waals surface area contributed by atoms with Crippen molar-refractivity contribution >= 4 is 35.8 Å². The largest absolute Gasteiger partial charge is 0.357 e. The molecule has 7 nitrogen and oxygen atoms in total. The Balaban J connectivity index is 0.00000338. The third-order valence-corrected chi connectivity index (χ3v) is 5.00. The lowest BCUT2D eigenvalue weighted by atomic mass is 10.2. The lowest BCUT2D eigenvalue weighted by Crippen LogP contribution is -2.50. The van der Waals surface area contributed by atoms with Gasteiger partial charge in [-0.25, -0.2) is 0 Å². The van der Waals surface area contributed by atoms with Gasteiger partial charge >= 0.3 is 0 Å². The number of nitrogens with one attached hydrogen (secondary N) is 3. The highest BCUT2D eigenvalue weighted by atomic mass is 127. The molecule has 1 aliphatic heterocycles. The van der Waals surface area contributed by atoms with E-state index in [0.717, 1.165) is 64.6 Å². The Hall–Kier alpha value is -0.610. The number of hydrogen-bond acceptors (Lipinski definition) is 4. The van der Waals surface area contributed by atoms with E-state index in [9.17, 15) is 4.79 Å². The van der Waals surface area contributed by atoms with E-state index in [1.54, 1.807) is 0 Å². The van der Waals surface area contributed by atoms with Crippen LogP contribution >= 0.6 is 24.0 Å². The number of carbonyl (C=O) groups is 1. The monoisotopic (exact) mass is 480 g/mol. The van der Waals surface area contributed by atoms with Gasteiger partial charge in [0.1, 0.15) is 0 Å². The van der Waals surface area contributed by atoms with Crippen molar-refractivity contribution in [2.75, 3.05) is 58.9 Å². The highest BCUT2D eigenvalue weighted by Crippen LogP contribution is 2.28. The maximum absolute atomic E-state index is 11.6. The fourth-order valence-corrected chi connectivity index (χ4v) is 3.06. The van der Waals surface area contributed by atoms with Crippen molar-refractivity contribution in [3.05, 3.63) is 0 Å². The van der Waals surface area contributed by atoms with Crippen LogP contribution in [0.3, 0.4) is 0 Å². The Morgan fingerprint density at radius 2 is 1.73 bits per heavy atom. The Labute approximate surface area is 175 Å². The highest BCUT2D eigenvalue weighted by molar-refractivity contribution is 14.0. The lowest BCUT2D eigenvalue weighted by Gasteiger charge is -2.37. The van der Waals surface area contributed by atoms with E-state index in [1.165, 1.54) is 0 Å². The van der Waals surface area contributed by atoms with Crippen molar-refractivity contribution in [3.63, 3.8) is 0 Å².